The van der Waals surface area contributed by atoms with E-state index in [-0.39, 0.29) is 18.6 Å². The normalized spacial score (nSPS) is 16.2. The molecule has 0 fully saturated rings. The third-order valence-electron chi connectivity index (χ3n) is 4.07. The molecule has 1 aliphatic heterocycles. The fourth-order valence-corrected chi connectivity index (χ4v) is 4.33. The molecule has 8 heteroatoms. The fraction of sp³-hybridized carbons (Fsp3) is 0.158. The van der Waals surface area contributed by atoms with Crippen LogP contribution in [-0.4, -0.2) is 34.2 Å². The number of pyridine rings is 1. The van der Waals surface area contributed by atoms with Crippen molar-refractivity contribution in [2.45, 2.75) is 12.5 Å². The Morgan fingerprint density at radius 3 is 2.70 bits per heavy atom. The topological polar surface area (TPSA) is 71.9 Å². The fourth-order valence-electron chi connectivity index (χ4n) is 2.79. The van der Waals surface area contributed by atoms with E-state index in [1.807, 2.05) is 35.0 Å². The molecule has 136 valence electrons. The number of esters is 1. The molecule has 0 aromatic carbocycles. The molecule has 4 heterocycles. The lowest BCUT2D eigenvalue weighted by Crippen LogP contribution is -2.31. The number of hydrazone groups is 1. The van der Waals surface area contributed by atoms with Crippen LogP contribution >= 0.6 is 22.7 Å². The number of hydrogen-bond donors (Lipinski definition) is 0. The summed E-state index contributed by atoms with van der Waals surface area (Å²) < 4.78 is 5.16. The van der Waals surface area contributed by atoms with E-state index in [2.05, 4.69) is 10.1 Å². The standard InChI is InChI=1S/C19H15N3O3S2/c23-18(12-25-19(24)13-4-1-7-20-11-13)22-15(17-6-3-9-27-17)10-14(21-22)16-5-2-8-26-16/h1-9,11,15H,10,12H2/t15-/m1/s1. The molecule has 6 nitrogen and oxygen atoms in total. The highest BCUT2D eigenvalue weighted by molar-refractivity contribution is 7.12. The molecular weight excluding hydrogens is 382 g/mol. The second-order valence-electron chi connectivity index (χ2n) is 5.82. The second kappa shape index (κ2) is 7.81. The smallest absolute Gasteiger partial charge is 0.340 e. The lowest BCUT2D eigenvalue weighted by Gasteiger charge is -2.20. The Labute approximate surface area is 163 Å². The number of carbonyl (C=O) groups is 2. The lowest BCUT2D eigenvalue weighted by molar-refractivity contribution is -0.136. The average Bonchev–Trinajstić information content (AvgIpc) is 3.46. The largest absolute Gasteiger partial charge is 0.452 e. The number of ether oxygens (including phenoxy) is 1. The summed E-state index contributed by atoms with van der Waals surface area (Å²) in [6.07, 6.45) is 3.62. The SMILES string of the molecule is O=C(OCC(=O)N1N=C(c2cccs2)C[C@@H]1c1cccs1)c1cccnc1. The Kier molecular flexibility index (Phi) is 5.08. The molecular formula is C19H15N3O3S2. The lowest BCUT2D eigenvalue weighted by atomic mass is 10.1. The Morgan fingerprint density at radius 2 is 2.00 bits per heavy atom. The van der Waals surface area contributed by atoms with Gasteiger partial charge in [0, 0.05) is 23.7 Å². The first-order valence-corrected chi connectivity index (χ1v) is 10.0. The minimum Gasteiger partial charge on any atom is -0.452 e. The average molecular weight is 397 g/mol. The maximum Gasteiger partial charge on any atom is 0.340 e. The summed E-state index contributed by atoms with van der Waals surface area (Å²) in [7, 11) is 0. The number of aromatic nitrogens is 1. The van der Waals surface area contributed by atoms with Gasteiger partial charge < -0.3 is 4.74 Å². The molecule has 0 bridgehead atoms. The van der Waals surface area contributed by atoms with Crippen LogP contribution in [-0.2, 0) is 9.53 Å². The first kappa shape index (κ1) is 17.6. The van der Waals surface area contributed by atoms with Crippen molar-refractivity contribution in [1.29, 1.82) is 0 Å². The van der Waals surface area contributed by atoms with Gasteiger partial charge in [-0.15, -0.1) is 22.7 Å². The molecule has 3 aromatic rings. The summed E-state index contributed by atoms with van der Waals surface area (Å²) in [5, 5.41) is 9.93. The van der Waals surface area contributed by atoms with Crippen LogP contribution in [0, 0.1) is 0 Å². The van der Waals surface area contributed by atoms with Crippen LogP contribution in [0.1, 0.15) is 32.6 Å². The van der Waals surface area contributed by atoms with Crippen molar-refractivity contribution in [3.8, 4) is 0 Å². The Balaban J connectivity index is 1.50. The van der Waals surface area contributed by atoms with Crippen molar-refractivity contribution in [3.05, 3.63) is 74.9 Å². The van der Waals surface area contributed by atoms with Gasteiger partial charge in [0.15, 0.2) is 6.61 Å². The molecule has 1 aliphatic rings. The highest BCUT2D eigenvalue weighted by atomic mass is 32.1. The van der Waals surface area contributed by atoms with Crippen molar-refractivity contribution in [2.24, 2.45) is 5.10 Å². The minimum absolute atomic E-state index is 0.174. The van der Waals surface area contributed by atoms with E-state index in [1.165, 1.54) is 11.2 Å². The first-order valence-electron chi connectivity index (χ1n) is 8.26. The Bertz CT molecular complexity index is 954. The van der Waals surface area contributed by atoms with Gasteiger partial charge in [-0.25, -0.2) is 9.80 Å². The molecule has 0 N–H and O–H groups in total. The third kappa shape index (κ3) is 3.81. The molecule has 3 aromatic heterocycles. The summed E-state index contributed by atoms with van der Waals surface area (Å²) in [6, 6.07) is 11.0. The highest BCUT2D eigenvalue weighted by Gasteiger charge is 2.34. The van der Waals surface area contributed by atoms with Crippen molar-refractivity contribution in [1.82, 2.24) is 9.99 Å². The quantitative estimate of drug-likeness (QED) is 0.615. The van der Waals surface area contributed by atoms with Crippen molar-refractivity contribution in [2.75, 3.05) is 6.61 Å². The maximum atomic E-state index is 12.7. The number of carbonyl (C=O) groups excluding carboxylic acids is 2. The third-order valence-corrected chi connectivity index (χ3v) is 5.96. The molecule has 4 rings (SSSR count). The van der Waals surface area contributed by atoms with Crippen LogP contribution in [0.25, 0.3) is 0 Å². The van der Waals surface area contributed by atoms with Crippen LogP contribution < -0.4 is 0 Å². The van der Waals surface area contributed by atoms with Gasteiger partial charge in [0.1, 0.15) is 0 Å². The van der Waals surface area contributed by atoms with E-state index in [1.54, 1.807) is 41.0 Å². The molecule has 1 amide bonds. The van der Waals surface area contributed by atoms with E-state index < -0.39 is 5.97 Å². The predicted octanol–water partition coefficient (Wildman–Crippen LogP) is 3.74. The number of rotatable bonds is 5. The summed E-state index contributed by atoms with van der Waals surface area (Å²) >= 11 is 3.17. The van der Waals surface area contributed by atoms with Gasteiger partial charge in [0.2, 0.25) is 0 Å². The van der Waals surface area contributed by atoms with Gasteiger partial charge in [-0.1, -0.05) is 12.1 Å². The molecule has 0 saturated heterocycles. The number of thiophene rings is 2. The number of amides is 1. The Hall–Kier alpha value is -2.84. The number of hydrogen-bond acceptors (Lipinski definition) is 7. The van der Waals surface area contributed by atoms with Gasteiger partial charge >= 0.3 is 5.97 Å². The summed E-state index contributed by atoms with van der Waals surface area (Å²) in [5.41, 5.74) is 1.18. The highest BCUT2D eigenvalue weighted by Crippen LogP contribution is 2.35. The molecule has 0 radical (unpaired) electrons. The van der Waals surface area contributed by atoms with E-state index in [4.69, 9.17) is 4.74 Å². The molecule has 1 atom stereocenters. The van der Waals surface area contributed by atoms with Crippen LogP contribution in [0.4, 0.5) is 0 Å². The molecule has 0 unspecified atom stereocenters. The van der Waals surface area contributed by atoms with Crippen LogP contribution in [0.15, 0.2) is 64.7 Å². The van der Waals surface area contributed by atoms with E-state index >= 15 is 0 Å². The van der Waals surface area contributed by atoms with Crippen LogP contribution in [0.3, 0.4) is 0 Å². The van der Waals surface area contributed by atoms with Crippen molar-refractivity contribution in [3.63, 3.8) is 0 Å². The maximum absolute atomic E-state index is 12.7. The van der Waals surface area contributed by atoms with Gasteiger partial charge in [0.25, 0.3) is 5.91 Å². The summed E-state index contributed by atoms with van der Waals surface area (Å²) in [6.45, 7) is -0.364. The van der Waals surface area contributed by atoms with Gasteiger partial charge in [-0.05, 0) is 35.0 Å². The zero-order valence-corrected chi connectivity index (χ0v) is 15.8. The van der Waals surface area contributed by atoms with Gasteiger partial charge in [-0.3, -0.25) is 9.78 Å². The monoisotopic (exact) mass is 397 g/mol. The first-order chi connectivity index (χ1) is 13.2. The predicted molar refractivity (Wildman–Crippen MR) is 104 cm³/mol. The molecule has 27 heavy (non-hydrogen) atoms. The van der Waals surface area contributed by atoms with Crippen molar-refractivity contribution >= 4 is 40.3 Å². The van der Waals surface area contributed by atoms with Crippen molar-refractivity contribution < 1.29 is 14.3 Å². The van der Waals surface area contributed by atoms with Gasteiger partial charge in [0.05, 0.1) is 22.2 Å². The van der Waals surface area contributed by atoms with E-state index in [0.29, 0.717) is 12.0 Å². The molecule has 0 spiro atoms. The summed E-state index contributed by atoms with van der Waals surface area (Å²) in [5.74, 6) is -0.928. The van der Waals surface area contributed by atoms with Crippen LogP contribution in [0.2, 0.25) is 0 Å². The zero-order valence-electron chi connectivity index (χ0n) is 14.1. The minimum atomic E-state index is -0.578. The summed E-state index contributed by atoms with van der Waals surface area (Å²) in [4.78, 5) is 30.8. The molecule has 0 aliphatic carbocycles. The van der Waals surface area contributed by atoms with Gasteiger partial charge in [-0.2, -0.15) is 5.10 Å². The van der Waals surface area contributed by atoms with E-state index in [0.717, 1.165) is 15.5 Å². The number of nitrogens with zero attached hydrogens (tertiary/aromatic N) is 3. The van der Waals surface area contributed by atoms with Crippen LogP contribution in [0.5, 0.6) is 0 Å². The van der Waals surface area contributed by atoms with E-state index in [9.17, 15) is 9.59 Å². The second-order valence-corrected chi connectivity index (χ2v) is 7.74. The Morgan fingerprint density at radius 1 is 1.15 bits per heavy atom. The molecule has 0 saturated carbocycles. The zero-order chi connectivity index (χ0) is 18.6.